The second kappa shape index (κ2) is 6.10. The van der Waals surface area contributed by atoms with Crippen molar-refractivity contribution in [1.82, 2.24) is 15.1 Å². The Bertz CT molecular complexity index is 658. The van der Waals surface area contributed by atoms with Crippen LogP contribution in [0.4, 0.5) is 0 Å². The first kappa shape index (κ1) is 15.1. The Morgan fingerprint density at radius 2 is 1.91 bits per heavy atom. The molecule has 2 aromatic rings. The van der Waals surface area contributed by atoms with Crippen molar-refractivity contribution in [3.63, 3.8) is 0 Å². The molecule has 1 amide bonds. The van der Waals surface area contributed by atoms with Crippen molar-refractivity contribution in [3.8, 4) is 11.3 Å². The Balaban J connectivity index is 1.88. The van der Waals surface area contributed by atoms with Gasteiger partial charge in [-0.25, -0.2) is 0 Å². The molecule has 2 atom stereocenters. The van der Waals surface area contributed by atoms with E-state index in [9.17, 15) is 4.79 Å². The number of carbonyl (C=O) groups excluding carboxylic acids is 1. The quantitative estimate of drug-likeness (QED) is 0.925. The fraction of sp³-hybridized carbons (Fsp3) is 0.375. The summed E-state index contributed by atoms with van der Waals surface area (Å²) in [4.78, 5) is 14.6. The summed E-state index contributed by atoms with van der Waals surface area (Å²) in [5.41, 5.74) is 2.18. The Hall–Kier alpha value is -1.85. The van der Waals surface area contributed by atoms with Gasteiger partial charge in [0.15, 0.2) is 0 Å². The van der Waals surface area contributed by atoms with Gasteiger partial charge >= 0.3 is 0 Å². The fourth-order valence-corrected chi connectivity index (χ4v) is 2.92. The topological polar surface area (TPSA) is 58.2 Å². The van der Waals surface area contributed by atoms with Crippen molar-refractivity contribution in [3.05, 3.63) is 41.0 Å². The summed E-state index contributed by atoms with van der Waals surface area (Å²) in [5, 5.41) is 7.61. The molecule has 2 heterocycles. The van der Waals surface area contributed by atoms with Crippen LogP contribution in [0.5, 0.6) is 0 Å². The van der Waals surface area contributed by atoms with Gasteiger partial charge in [0.2, 0.25) is 0 Å². The molecule has 1 aromatic carbocycles. The highest BCUT2D eigenvalue weighted by atomic mass is 35.5. The lowest BCUT2D eigenvalue weighted by Gasteiger charge is -2.35. The summed E-state index contributed by atoms with van der Waals surface area (Å²) in [6.07, 6.45) is 1.66. The molecule has 6 heteroatoms. The monoisotopic (exact) mass is 319 g/mol. The maximum Gasteiger partial charge on any atom is 0.257 e. The van der Waals surface area contributed by atoms with Crippen LogP contribution < -0.4 is 0 Å². The number of aromatic amines is 1. The van der Waals surface area contributed by atoms with Gasteiger partial charge in [-0.1, -0.05) is 23.7 Å². The number of amides is 1. The van der Waals surface area contributed by atoms with Crippen LogP contribution in [0, 0.1) is 0 Å². The molecule has 0 spiro atoms. The molecule has 3 rings (SSSR count). The van der Waals surface area contributed by atoms with Crippen LogP contribution in [0.15, 0.2) is 30.5 Å². The number of benzene rings is 1. The summed E-state index contributed by atoms with van der Waals surface area (Å²) >= 11 is 5.91. The number of ether oxygens (including phenoxy) is 1. The van der Waals surface area contributed by atoms with Gasteiger partial charge in [0.05, 0.1) is 29.7 Å². The van der Waals surface area contributed by atoms with Crippen LogP contribution in [0.25, 0.3) is 11.3 Å². The van der Waals surface area contributed by atoms with E-state index in [4.69, 9.17) is 16.3 Å². The summed E-state index contributed by atoms with van der Waals surface area (Å²) in [5.74, 6) is -0.0271. The van der Waals surface area contributed by atoms with E-state index < -0.39 is 0 Å². The maximum absolute atomic E-state index is 12.8. The van der Waals surface area contributed by atoms with Gasteiger partial charge in [0.25, 0.3) is 5.91 Å². The van der Waals surface area contributed by atoms with Crippen molar-refractivity contribution >= 4 is 17.5 Å². The lowest BCUT2D eigenvalue weighted by molar-refractivity contribution is -0.0586. The van der Waals surface area contributed by atoms with E-state index in [0.717, 1.165) is 5.56 Å². The lowest BCUT2D eigenvalue weighted by atomic mass is 10.1. The van der Waals surface area contributed by atoms with Crippen LogP contribution in [0.2, 0.25) is 5.02 Å². The minimum Gasteiger partial charge on any atom is -0.372 e. The first-order valence-corrected chi connectivity index (χ1v) is 7.66. The third-order valence-corrected chi connectivity index (χ3v) is 3.96. The molecule has 116 valence electrons. The van der Waals surface area contributed by atoms with E-state index in [2.05, 4.69) is 10.2 Å². The van der Waals surface area contributed by atoms with Crippen molar-refractivity contribution in [2.75, 3.05) is 13.1 Å². The summed E-state index contributed by atoms with van der Waals surface area (Å²) in [6, 6.07) is 7.34. The normalized spacial score (nSPS) is 21.9. The Morgan fingerprint density at radius 1 is 1.27 bits per heavy atom. The molecule has 22 heavy (non-hydrogen) atoms. The summed E-state index contributed by atoms with van der Waals surface area (Å²) < 4.78 is 5.68. The van der Waals surface area contributed by atoms with Crippen LogP contribution in [-0.2, 0) is 4.74 Å². The van der Waals surface area contributed by atoms with Crippen molar-refractivity contribution in [1.29, 1.82) is 0 Å². The highest BCUT2D eigenvalue weighted by molar-refractivity contribution is 6.30. The molecule has 0 radical (unpaired) electrons. The Labute approximate surface area is 134 Å². The first-order chi connectivity index (χ1) is 10.5. The molecule has 0 aliphatic carbocycles. The fourth-order valence-electron chi connectivity index (χ4n) is 2.80. The zero-order chi connectivity index (χ0) is 15.7. The van der Waals surface area contributed by atoms with Gasteiger partial charge in [-0.2, -0.15) is 5.10 Å². The second-order valence-electron chi connectivity index (χ2n) is 5.63. The van der Waals surface area contributed by atoms with Crippen molar-refractivity contribution in [2.24, 2.45) is 0 Å². The number of hydrogen-bond acceptors (Lipinski definition) is 3. The Morgan fingerprint density at radius 3 is 2.55 bits per heavy atom. The van der Waals surface area contributed by atoms with Crippen LogP contribution in [0.3, 0.4) is 0 Å². The highest BCUT2D eigenvalue weighted by Crippen LogP contribution is 2.25. The molecule has 1 aromatic heterocycles. The molecular formula is C16H18ClN3O2. The van der Waals surface area contributed by atoms with Crippen molar-refractivity contribution in [2.45, 2.75) is 26.1 Å². The van der Waals surface area contributed by atoms with Crippen LogP contribution in [0.1, 0.15) is 24.2 Å². The van der Waals surface area contributed by atoms with E-state index in [-0.39, 0.29) is 18.1 Å². The summed E-state index contributed by atoms with van der Waals surface area (Å²) in [7, 11) is 0. The zero-order valence-corrected chi connectivity index (χ0v) is 13.3. The molecule has 2 unspecified atom stereocenters. The van der Waals surface area contributed by atoms with Crippen LogP contribution in [-0.4, -0.2) is 46.3 Å². The molecule has 1 fully saturated rings. The average molecular weight is 320 g/mol. The summed E-state index contributed by atoms with van der Waals surface area (Å²) in [6.45, 7) is 5.14. The molecular weight excluding hydrogens is 302 g/mol. The van der Waals surface area contributed by atoms with Gasteiger partial charge in [-0.3, -0.25) is 9.89 Å². The maximum atomic E-state index is 12.8. The number of halogens is 1. The number of aromatic nitrogens is 2. The average Bonchev–Trinajstić information content (AvgIpc) is 2.95. The van der Waals surface area contributed by atoms with Crippen LogP contribution >= 0.6 is 11.6 Å². The van der Waals surface area contributed by atoms with Gasteiger partial charge in [0.1, 0.15) is 0 Å². The number of carbonyl (C=O) groups is 1. The van der Waals surface area contributed by atoms with E-state index in [1.54, 1.807) is 18.3 Å². The van der Waals surface area contributed by atoms with Crippen molar-refractivity contribution < 1.29 is 9.53 Å². The van der Waals surface area contributed by atoms with Gasteiger partial charge in [0, 0.05) is 23.7 Å². The number of nitrogens with one attached hydrogen (secondary N) is 1. The third kappa shape index (κ3) is 3.00. The number of nitrogens with zero attached hydrogens (tertiary/aromatic N) is 2. The Kier molecular flexibility index (Phi) is 4.18. The molecule has 5 nitrogen and oxygen atoms in total. The number of H-pyrrole nitrogens is 1. The van der Waals surface area contributed by atoms with E-state index in [1.165, 1.54) is 0 Å². The number of hydrogen-bond donors (Lipinski definition) is 1. The number of rotatable bonds is 2. The van der Waals surface area contributed by atoms with E-state index in [0.29, 0.717) is 29.4 Å². The second-order valence-corrected chi connectivity index (χ2v) is 6.07. The van der Waals surface area contributed by atoms with Gasteiger partial charge in [-0.15, -0.1) is 0 Å². The minimum atomic E-state index is -0.0271. The van der Waals surface area contributed by atoms with E-state index >= 15 is 0 Å². The van der Waals surface area contributed by atoms with Gasteiger partial charge in [-0.05, 0) is 26.0 Å². The first-order valence-electron chi connectivity index (χ1n) is 7.28. The molecule has 0 saturated carbocycles. The van der Waals surface area contributed by atoms with Gasteiger partial charge < -0.3 is 9.64 Å². The molecule has 0 bridgehead atoms. The smallest absolute Gasteiger partial charge is 0.257 e. The minimum absolute atomic E-state index is 0.0271. The molecule has 1 aliphatic heterocycles. The standard InChI is InChI=1S/C16H18ClN3O2/c1-10-8-20(9-11(2)22-10)16(21)14-7-18-19-15(14)12-3-5-13(17)6-4-12/h3-7,10-11H,8-9H2,1-2H3,(H,18,19). The third-order valence-electron chi connectivity index (χ3n) is 3.71. The number of morpholine rings is 1. The lowest BCUT2D eigenvalue weighted by Crippen LogP contribution is -2.48. The molecule has 1 N–H and O–H groups in total. The largest absolute Gasteiger partial charge is 0.372 e. The molecule has 1 saturated heterocycles. The zero-order valence-electron chi connectivity index (χ0n) is 12.5. The predicted octanol–water partition coefficient (Wildman–Crippen LogP) is 2.98. The predicted molar refractivity (Wildman–Crippen MR) is 84.9 cm³/mol. The van der Waals surface area contributed by atoms with E-state index in [1.807, 2.05) is 30.9 Å². The SMILES string of the molecule is CC1CN(C(=O)c2cn[nH]c2-c2ccc(Cl)cc2)CC(C)O1. The molecule has 1 aliphatic rings. The highest BCUT2D eigenvalue weighted by Gasteiger charge is 2.28.